The smallest absolute Gasteiger partial charge is 0.240 e. The van der Waals surface area contributed by atoms with Gasteiger partial charge in [-0.3, -0.25) is 4.79 Å². The molecule has 1 aromatic heterocycles. The first-order chi connectivity index (χ1) is 9.34. The van der Waals surface area contributed by atoms with Crippen molar-refractivity contribution < 1.29 is 4.79 Å². The summed E-state index contributed by atoms with van der Waals surface area (Å²) in [5.41, 5.74) is 1.31. The molecular weight excluding hydrogens is 250 g/mol. The molecule has 1 amide bonds. The summed E-state index contributed by atoms with van der Waals surface area (Å²) in [6, 6.07) is 2.35. The van der Waals surface area contributed by atoms with Crippen molar-refractivity contribution in [2.45, 2.75) is 72.1 Å². The van der Waals surface area contributed by atoms with E-state index in [1.165, 1.54) is 5.56 Å². The first-order valence-corrected chi connectivity index (χ1v) is 7.53. The summed E-state index contributed by atoms with van der Waals surface area (Å²) in [6.07, 6.45) is 5.96. The molecule has 0 fully saturated rings. The minimum Gasteiger partial charge on any atom is -0.352 e. The van der Waals surface area contributed by atoms with Crippen LogP contribution in [0.2, 0.25) is 0 Å². The number of amides is 1. The minimum absolute atomic E-state index is 0.0876. The van der Waals surface area contributed by atoms with Gasteiger partial charge in [0.15, 0.2) is 0 Å². The van der Waals surface area contributed by atoms with Gasteiger partial charge in [0.2, 0.25) is 5.91 Å². The average molecular weight is 279 g/mol. The van der Waals surface area contributed by atoms with E-state index in [0.717, 1.165) is 19.4 Å². The van der Waals surface area contributed by atoms with Gasteiger partial charge in [0.1, 0.15) is 6.54 Å². The molecule has 0 spiro atoms. The number of carbonyl (C=O) groups excluding carboxylic acids is 1. The molecule has 1 aromatic rings. The summed E-state index contributed by atoms with van der Waals surface area (Å²) >= 11 is 0. The van der Waals surface area contributed by atoms with E-state index in [0.29, 0.717) is 12.6 Å². The third kappa shape index (κ3) is 6.24. The Bertz CT molecular complexity index is 414. The van der Waals surface area contributed by atoms with Gasteiger partial charge in [0.25, 0.3) is 0 Å². The predicted octanol–water partition coefficient (Wildman–Crippen LogP) is 2.68. The van der Waals surface area contributed by atoms with Crippen LogP contribution in [0.15, 0.2) is 18.5 Å². The SMILES string of the molecule is CCC(CC)NC(=O)Cn1ccc(CNC(C)(C)C)c1. The fourth-order valence-corrected chi connectivity index (χ4v) is 1.99. The molecule has 4 nitrogen and oxygen atoms in total. The minimum atomic E-state index is 0.0876. The zero-order valence-corrected chi connectivity index (χ0v) is 13.5. The van der Waals surface area contributed by atoms with Crippen molar-refractivity contribution in [2.24, 2.45) is 0 Å². The van der Waals surface area contributed by atoms with E-state index in [1.54, 1.807) is 0 Å². The molecular formula is C16H29N3O. The van der Waals surface area contributed by atoms with Gasteiger partial charge >= 0.3 is 0 Å². The Balaban J connectivity index is 2.45. The van der Waals surface area contributed by atoms with Crippen molar-refractivity contribution in [1.82, 2.24) is 15.2 Å². The molecule has 0 aliphatic carbocycles. The molecule has 0 bridgehead atoms. The molecule has 0 saturated carbocycles. The highest BCUT2D eigenvalue weighted by Gasteiger charge is 2.11. The van der Waals surface area contributed by atoms with Crippen molar-refractivity contribution in [3.63, 3.8) is 0 Å². The van der Waals surface area contributed by atoms with E-state index in [4.69, 9.17) is 0 Å². The van der Waals surface area contributed by atoms with Crippen LogP contribution in [0, 0.1) is 0 Å². The van der Waals surface area contributed by atoms with Crippen LogP contribution in [0.3, 0.4) is 0 Å². The highest BCUT2D eigenvalue weighted by atomic mass is 16.2. The second-order valence-electron chi connectivity index (χ2n) is 6.38. The van der Waals surface area contributed by atoms with E-state index in [-0.39, 0.29) is 11.4 Å². The van der Waals surface area contributed by atoms with Gasteiger partial charge < -0.3 is 15.2 Å². The lowest BCUT2D eigenvalue weighted by atomic mass is 10.1. The zero-order chi connectivity index (χ0) is 15.2. The average Bonchev–Trinajstić information content (AvgIpc) is 2.80. The molecule has 0 aliphatic heterocycles. The van der Waals surface area contributed by atoms with Crippen LogP contribution in [0.1, 0.15) is 53.0 Å². The maximum Gasteiger partial charge on any atom is 0.240 e. The van der Waals surface area contributed by atoms with Crippen molar-refractivity contribution in [2.75, 3.05) is 0 Å². The molecule has 0 aromatic carbocycles. The Hall–Kier alpha value is -1.29. The van der Waals surface area contributed by atoms with E-state index < -0.39 is 0 Å². The van der Waals surface area contributed by atoms with Crippen LogP contribution in [-0.4, -0.2) is 22.1 Å². The predicted molar refractivity (Wildman–Crippen MR) is 83.5 cm³/mol. The first kappa shape index (κ1) is 16.8. The second kappa shape index (κ2) is 7.48. The van der Waals surface area contributed by atoms with Crippen molar-refractivity contribution in [1.29, 1.82) is 0 Å². The van der Waals surface area contributed by atoms with Crippen LogP contribution >= 0.6 is 0 Å². The van der Waals surface area contributed by atoms with Crippen LogP contribution in [0.4, 0.5) is 0 Å². The fourth-order valence-electron chi connectivity index (χ4n) is 1.99. The van der Waals surface area contributed by atoms with E-state index >= 15 is 0 Å². The second-order valence-corrected chi connectivity index (χ2v) is 6.38. The van der Waals surface area contributed by atoms with Gasteiger partial charge in [0, 0.05) is 30.5 Å². The van der Waals surface area contributed by atoms with Gasteiger partial charge in [-0.25, -0.2) is 0 Å². The third-order valence-electron chi connectivity index (χ3n) is 3.31. The lowest BCUT2D eigenvalue weighted by Crippen LogP contribution is -2.36. The number of nitrogens with one attached hydrogen (secondary N) is 2. The molecule has 4 heteroatoms. The topological polar surface area (TPSA) is 46.1 Å². The maximum absolute atomic E-state index is 11.9. The molecule has 20 heavy (non-hydrogen) atoms. The number of hydrogen-bond donors (Lipinski definition) is 2. The number of aromatic nitrogens is 1. The highest BCUT2D eigenvalue weighted by molar-refractivity contribution is 5.76. The van der Waals surface area contributed by atoms with E-state index in [1.807, 2.05) is 17.0 Å². The Labute approximate surface area is 122 Å². The number of hydrogen-bond acceptors (Lipinski definition) is 2. The first-order valence-electron chi connectivity index (χ1n) is 7.53. The molecule has 114 valence electrons. The van der Waals surface area contributed by atoms with Gasteiger partial charge in [-0.1, -0.05) is 13.8 Å². The standard InChI is InChI=1S/C16H29N3O/c1-6-14(7-2)18-15(20)12-19-9-8-13(11-19)10-17-16(3,4)5/h8-9,11,14,17H,6-7,10,12H2,1-5H3,(H,18,20). The van der Waals surface area contributed by atoms with Gasteiger partial charge in [-0.05, 0) is 45.2 Å². The molecule has 2 N–H and O–H groups in total. The Morgan fingerprint density at radius 1 is 1.30 bits per heavy atom. The van der Waals surface area contributed by atoms with Gasteiger partial charge in [0.05, 0.1) is 0 Å². The largest absolute Gasteiger partial charge is 0.352 e. The normalized spacial score (nSPS) is 11.9. The lowest BCUT2D eigenvalue weighted by molar-refractivity contribution is -0.122. The van der Waals surface area contributed by atoms with Crippen molar-refractivity contribution in [3.8, 4) is 0 Å². The Kier molecular flexibility index (Phi) is 6.27. The van der Waals surface area contributed by atoms with E-state index in [9.17, 15) is 4.79 Å². The number of nitrogens with zero attached hydrogens (tertiary/aromatic N) is 1. The summed E-state index contributed by atoms with van der Waals surface area (Å²) in [7, 11) is 0. The monoisotopic (exact) mass is 279 g/mol. The van der Waals surface area contributed by atoms with E-state index in [2.05, 4.69) is 51.3 Å². The summed E-state index contributed by atoms with van der Waals surface area (Å²) in [6.45, 7) is 11.9. The molecule has 0 atom stereocenters. The van der Waals surface area contributed by atoms with Crippen LogP contribution in [0.5, 0.6) is 0 Å². The number of carbonyl (C=O) groups is 1. The fraction of sp³-hybridized carbons (Fsp3) is 0.688. The molecule has 1 heterocycles. The summed E-state index contributed by atoms with van der Waals surface area (Å²) in [4.78, 5) is 11.9. The Morgan fingerprint density at radius 2 is 1.95 bits per heavy atom. The van der Waals surface area contributed by atoms with Crippen molar-refractivity contribution >= 4 is 5.91 Å². The van der Waals surface area contributed by atoms with Crippen LogP contribution in [-0.2, 0) is 17.9 Å². The Morgan fingerprint density at radius 3 is 2.50 bits per heavy atom. The van der Waals surface area contributed by atoms with Crippen molar-refractivity contribution in [3.05, 3.63) is 24.0 Å². The lowest BCUT2D eigenvalue weighted by Gasteiger charge is -2.19. The van der Waals surface area contributed by atoms with Gasteiger partial charge in [-0.2, -0.15) is 0 Å². The molecule has 0 radical (unpaired) electrons. The molecule has 0 saturated heterocycles. The van der Waals surface area contributed by atoms with Crippen LogP contribution in [0.25, 0.3) is 0 Å². The van der Waals surface area contributed by atoms with Crippen LogP contribution < -0.4 is 10.6 Å². The summed E-state index contributed by atoms with van der Waals surface area (Å²) < 4.78 is 1.94. The molecule has 1 rings (SSSR count). The summed E-state index contributed by atoms with van der Waals surface area (Å²) in [5.74, 6) is 0.0876. The number of rotatable bonds is 7. The maximum atomic E-state index is 11.9. The highest BCUT2D eigenvalue weighted by Crippen LogP contribution is 2.05. The third-order valence-corrected chi connectivity index (χ3v) is 3.31. The van der Waals surface area contributed by atoms with Gasteiger partial charge in [-0.15, -0.1) is 0 Å². The quantitative estimate of drug-likeness (QED) is 0.806. The molecule has 0 unspecified atom stereocenters. The zero-order valence-electron chi connectivity index (χ0n) is 13.5. The summed E-state index contributed by atoms with van der Waals surface area (Å²) in [5, 5.41) is 6.50. The molecule has 0 aliphatic rings.